The number of hydrogen-bond donors (Lipinski definition) is 1. The molecule has 0 amide bonds. The van der Waals surface area contributed by atoms with Gasteiger partial charge in [0.2, 0.25) is 0 Å². The summed E-state index contributed by atoms with van der Waals surface area (Å²) in [5.41, 5.74) is 4.00. The van der Waals surface area contributed by atoms with Crippen molar-refractivity contribution in [2.75, 3.05) is 13.1 Å². The van der Waals surface area contributed by atoms with E-state index in [0.29, 0.717) is 13.1 Å². The van der Waals surface area contributed by atoms with Crippen molar-refractivity contribution >= 4 is 0 Å². The van der Waals surface area contributed by atoms with Crippen molar-refractivity contribution in [2.45, 2.75) is 18.6 Å². The van der Waals surface area contributed by atoms with E-state index in [2.05, 4.69) is 72.5 Å². The Balaban J connectivity index is 1.61. The third kappa shape index (κ3) is 3.11. The van der Waals surface area contributed by atoms with Crippen molar-refractivity contribution in [3.8, 4) is 0 Å². The van der Waals surface area contributed by atoms with Gasteiger partial charge in [-0.25, -0.2) is 0 Å². The fraction of sp³-hybridized carbons (Fsp3) is 0.217. The number of aryl methyl sites for hydroxylation is 1. The molecule has 4 rings (SSSR count). The van der Waals surface area contributed by atoms with Gasteiger partial charge in [0.05, 0.1) is 6.04 Å². The van der Waals surface area contributed by atoms with Gasteiger partial charge >= 0.3 is 0 Å². The monoisotopic (exact) mass is 329 g/mol. The Kier molecular flexibility index (Phi) is 4.16. The summed E-state index contributed by atoms with van der Waals surface area (Å²) in [5, 5.41) is 11.0. The quantitative estimate of drug-likeness (QED) is 0.772. The van der Waals surface area contributed by atoms with Crippen molar-refractivity contribution in [3.63, 3.8) is 0 Å². The summed E-state index contributed by atoms with van der Waals surface area (Å²) in [6.45, 7) is 3.36. The van der Waals surface area contributed by atoms with Crippen molar-refractivity contribution in [3.05, 3.63) is 107 Å². The molecule has 126 valence electrons. The number of rotatable bonds is 4. The highest BCUT2D eigenvalue weighted by Crippen LogP contribution is 2.40. The Morgan fingerprint density at radius 1 is 0.760 bits per heavy atom. The first-order valence-corrected chi connectivity index (χ1v) is 8.79. The molecule has 1 aliphatic rings. The molecule has 1 heterocycles. The average Bonchev–Trinajstić information content (AvgIpc) is 2.63. The maximum absolute atomic E-state index is 11.0. The zero-order chi connectivity index (χ0) is 17.3. The molecule has 0 radical (unpaired) electrons. The topological polar surface area (TPSA) is 23.5 Å². The van der Waals surface area contributed by atoms with E-state index in [0.717, 1.165) is 5.56 Å². The van der Waals surface area contributed by atoms with Gasteiger partial charge in [0.1, 0.15) is 5.60 Å². The smallest absolute Gasteiger partial charge is 0.115 e. The second kappa shape index (κ2) is 6.47. The Morgan fingerprint density at radius 2 is 1.24 bits per heavy atom. The van der Waals surface area contributed by atoms with Crippen LogP contribution in [0.3, 0.4) is 0 Å². The van der Waals surface area contributed by atoms with E-state index >= 15 is 0 Å². The zero-order valence-electron chi connectivity index (χ0n) is 14.5. The van der Waals surface area contributed by atoms with Crippen LogP contribution in [0.25, 0.3) is 0 Å². The summed E-state index contributed by atoms with van der Waals surface area (Å²) >= 11 is 0. The number of hydrogen-bond acceptors (Lipinski definition) is 2. The first-order chi connectivity index (χ1) is 12.2. The molecule has 2 heteroatoms. The first kappa shape index (κ1) is 16.1. The predicted octanol–water partition coefficient (Wildman–Crippen LogP) is 4.29. The van der Waals surface area contributed by atoms with Crippen LogP contribution in [0.2, 0.25) is 0 Å². The molecule has 0 spiro atoms. The van der Waals surface area contributed by atoms with Crippen LogP contribution >= 0.6 is 0 Å². The predicted molar refractivity (Wildman–Crippen MR) is 101 cm³/mol. The highest BCUT2D eigenvalue weighted by atomic mass is 16.3. The van der Waals surface area contributed by atoms with Crippen molar-refractivity contribution < 1.29 is 5.11 Å². The Labute approximate surface area is 149 Å². The fourth-order valence-corrected chi connectivity index (χ4v) is 3.74. The lowest BCUT2D eigenvalue weighted by atomic mass is 9.82. The van der Waals surface area contributed by atoms with Gasteiger partial charge in [-0.3, -0.25) is 4.90 Å². The molecule has 25 heavy (non-hydrogen) atoms. The molecule has 1 N–H and O–H groups in total. The molecular formula is C23H23NO. The minimum Gasteiger partial charge on any atom is -0.382 e. The summed E-state index contributed by atoms with van der Waals surface area (Å²) in [5.74, 6) is 0. The number of nitrogens with zero attached hydrogens (tertiary/aromatic N) is 1. The van der Waals surface area contributed by atoms with E-state index in [1.807, 2.05) is 24.3 Å². The van der Waals surface area contributed by atoms with E-state index in [1.54, 1.807) is 0 Å². The van der Waals surface area contributed by atoms with Crippen LogP contribution in [0, 0.1) is 6.92 Å². The standard InChI is InChI=1S/C23H23NO/c1-18-12-14-21(15-13-18)23(25)16-24(17-23)22(19-8-4-2-5-9-19)20-10-6-3-7-11-20/h2-15,22,25H,16-17H2,1H3. The zero-order valence-corrected chi connectivity index (χ0v) is 14.5. The minimum atomic E-state index is -0.754. The molecule has 0 atom stereocenters. The van der Waals surface area contributed by atoms with Crippen LogP contribution in [0.5, 0.6) is 0 Å². The first-order valence-electron chi connectivity index (χ1n) is 8.79. The molecule has 1 saturated heterocycles. The van der Waals surface area contributed by atoms with Gasteiger partial charge in [-0.2, -0.15) is 0 Å². The summed E-state index contributed by atoms with van der Waals surface area (Å²) in [6, 6.07) is 29.5. The fourth-order valence-electron chi connectivity index (χ4n) is 3.74. The maximum Gasteiger partial charge on any atom is 0.115 e. The summed E-state index contributed by atoms with van der Waals surface area (Å²) in [7, 11) is 0. The Morgan fingerprint density at radius 3 is 1.72 bits per heavy atom. The maximum atomic E-state index is 11.0. The third-order valence-corrected chi connectivity index (χ3v) is 5.11. The molecule has 0 saturated carbocycles. The molecule has 0 bridgehead atoms. The van der Waals surface area contributed by atoms with Gasteiger partial charge in [0.25, 0.3) is 0 Å². The number of aliphatic hydroxyl groups is 1. The molecule has 0 aliphatic carbocycles. The van der Waals surface area contributed by atoms with Crippen LogP contribution in [0.15, 0.2) is 84.9 Å². The lowest BCUT2D eigenvalue weighted by molar-refractivity contribution is -0.116. The summed E-state index contributed by atoms with van der Waals surface area (Å²) in [6.07, 6.45) is 0. The molecule has 0 aromatic heterocycles. The molecule has 2 nitrogen and oxygen atoms in total. The van der Waals surface area contributed by atoms with Crippen molar-refractivity contribution in [1.29, 1.82) is 0 Å². The third-order valence-electron chi connectivity index (χ3n) is 5.11. The van der Waals surface area contributed by atoms with Gasteiger partial charge in [0, 0.05) is 13.1 Å². The van der Waals surface area contributed by atoms with Crippen LogP contribution in [0.4, 0.5) is 0 Å². The lowest BCUT2D eigenvalue weighted by Gasteiger charge is -2.50. The Hall–Kier alpha value is -2.42. The normalized spacial score (nSPS) is 16.6. The van der Waals surface area contributed by atoms with Crippen molar-refractivity contribution in [1.82, 2.24) is 4.90 Å². The number of benzene rings is 3. The van der Waals surface area contributed by atoms with E-state index in [9.17, 15) is 5.11 Å². The van der Waals surface area contributed by atoms with Crippen LogP contribution in [0.1, 0.15) is 28.3 Å². The van der Waals surface area contributed by atoms with Gasteiger partial charge in [-0.05, 0) is 23.6 Å². The average molecular weight is 329 g/mol. The second-order valence-corrected chi connectivity index (χ2v) is 7.03. The van der Waals surface area contributed by atoms with Gasteiger partial charge in [-0.15, -0.1) is 0 Å². The van der Waals surface area contributed by atoms with Crippen LogP contribution in [-0.4, -0.2) is 23.1 Å². The molecule has 3 aromatic rings. The molecule has 3 aromatic carbocycles. The van der Waals surface area contributed by atoms with E-state index in [1.165, 1.54) is 16.7 Å². The number of likely N-dealkylation sites (tertiary alicyclic amines) is 1. The number of β-amino-alcohol motifs (C(OH)–C–C–N with tert-alkyl or cyclic N) is 1. The van der Waals surface area contributed by atoms with Crippen LogP contribution < -0.4 is 0 Å². The molecule has 1 fully saturated rings. The minimum absolute atomic E-state index is 0.174. The molecule has 1 aliphatic heterocycles. The molecule has 0 unspecified atom stereocenters. The van der Waals surface area contributed by atoms with Gasteiger partial charge in [-0.1, -0.05) is 90.5 Å². The van der Waals surface area contributed by atoms with Crippen molar-refractivity contribution in [2.24, 2.45) is 0 Å². The van der Waals surface area contributed by atoms with Crippen LogP contribution in [-0.2, 0) is 5.60 Å². The van der Waals surface area contributed by atoms with E-state index in [4.69, 9.17) is 0 Å². The largest absolute Gasteiger partial charge is 0.382 e. The second-order valence-electron chi connectivity index (χ2n) is 7.03. The van der Waals surface area contributed by atoms with Gasteiger partial charge < -0.3 is 5.11 Å². The van der Waals surface area contributed by atoms with E-state index in [-0.39, 0.29) is 6.04 Å². The van der Waals surface area contributed by atoms with Gasteiger partial charge in [0.15, 0.2) is 0 Å². The SMILES string of the molecule is Cc1ccc(C2(O)CN(C(c3ccccc3)c3ccccc3)C2)cc1. The molecular weight excluding hydrogens is 306 g/mol. The highest BCUT2D eigenvalue weighted by Gasteiger charge is 2.45. The summed E-state index contributed by atoms with van der Waals surface area (Å²) < 4.78 is 0. The summed E-state index contributed by atoms with van der Waals surface area (Å²) in [4.78, 5) is 2.35. The lowest BCUT2D eigenvalue weighted by Crippen LogP contribution is -2.60. The highest BCUT2D eigenvalue weighted by molar-refractivity contribution is 5.35. The van der Waals surface area contributed by atoms with E-state index < -0.39 is 5.60 Å². The Bertz CT molecular complexity index is 781.